The Morgan fingerprint density at radius 1 is 1.10 bits per heavy atom. The predicted octanol–water partition coefficient (Wildman–Crippen LogP) is 3.52. The maximum atomic E-state index is 13.1. The van der Waals surface area contributed by atoms with Gasteiger partial charge in [0, 0.05) is 38.8 Å². The van der Waals surface area contributed by atoms with E-state index in [4.69, 9.17) is 11.6 Å². The van der Waals surface area contributed by atoms with Gasteiger partial charge in [-0.15, -0.1) is 0 Å². The van der Waals surface area contributed by atoms with E-state index in [1.807, 2.05) is 30.3 Å². The predicted molar refractivity (Wildman–Crippen MR) is 122 cm³/mol. The molecule has 0 aromatic heterocycles. The van der Waals surface area contributed by atoms with Crippen molar-refractivity contribution in [1.29, 1.82) is 0 Å². The molecular formula is C23H28ClN3O3S. The number of halogens is 1. The number of nitrogens with one attached hydrogen (secondary N) is 1. The number of piperidine rings is 1. The van der Waals surface area contributed by atoms with Gasteiger partial charge in [0.05, 0.1) is 15.5 Å². The molecule has 1 N–H and O–H groups in total. The number of rotatable bonds is 7. The van der Waals surface area contributed by atoms with Gasteiger partial charge in [0.1, 0.15) is 0 Å². The summed E-state index contributed by atoms with van der Waals surface area (Å²) < 4.78 is 27.4. The second-order valence-electron chi connectivity index (χ2n) is 8.40. The molecule has 1 aliphatic carbocycles. The molecule has 31 heavy (non-hydrogen) atoms. The Labute approximate surface area is 189 Å². The van der Waals surface area contributed by atoms with Crippen LogP contribution in [0.15, 0.2) is 53.4 Å². The first-order chi connectivity index (χ1) is 14.8. The van der Waals surface area contributed by atoms with Gasteiger partial charge in [-0.1, -0.05) is 41.9 Å². The molecule has 1 heterocycles. The van der Waals surface area contributed by atoms with Crippen molar-refractivity contribution in [1.82, 2.24) is 14.5 Å². The van der Waals surface area contributed by atoms with Crippen molar-refractivity contribution in [2.75, 3.05) is 20.1 Å². The third-order valence-corrected chi connectivity index (χ3v) is 8.20. The average molecular weight is 462 g/mol. The number of carbonyl (C=O) groups is 1. The first-order valence-electron chi connectivity index (χ1n) is 10.7. The molecule has 2 aliphatic rings. The lowest BCUT2D eigenvalue weighted by molar-refractivity contribution is 0.0909. The number of sulfonamides is 1. The molecule has 0 bridgehead atoms. The minimum Gasteiger partial charge on any atom is -0.349 e. The zero-order valence-electron chi connectivity index (χ0n) is 17.6. The van der Waals surface area contributed by atoms with Gasteiger partial charge >= 0.3 is 0 Å². The maximum absolute atomic E-state index is 13.1. The third-order valence-electron chi connectivity index (χ3n) is 6.07. The van der Waals surface area contributed by atoms with Crippen LogP contribution in [-0.2, 0) is 16.6 Å². The molecule has 2 aromatic carbocycles. The van der Waals surface area contributed by atoms with E-state index in [2.05, 4.69) is 10.2 Å². The number of carbonyl (C=O) groups excluding carboxylic acids is 1. The van der Waals surface area contributed by atoms with Crippen LogP contribution >= 0.6 is 11.6 Å². The second-order valence-corrected chi connectivity index (χ2v) is 10.9. The fourth-order valence-electron chi connectivity index (χ4n) is 4.06. The van der Waals surface area contributed by atoms with Crippen LogP contribution < -0.4 is 5.32 Å². The van der Waals surface area contributed by atoms with E-state index in [9.17, 15) is 13.2 Å². The monoisotopic (exact) mass is 461 g/mol. The van der Waals surface area contributed by atoms with Crippen molar-refractivity contribution in [3.63, 3.8) is 0 Å². The fraction of sp³-hybridized carbons (Fsp3) is 0.435. The number of hydrogen-bond donors (Lipinski definition) is 1. The third kappa shape index (κ3) is 5.29. The highest BCUT2D eigenvalue weighted by molar-refractivity contribution is 7.89. The SMILES string of the molecule is CN(Cc1ccccc1)S(=O)(=O)c1ccc(Cl)c(C(=O)NC2CCN(C3CC3)CC2)c1. The Hall–Kier alpha value is -1.93. The summed E-state index contributed by atoms with van der Waals surface area (Å²) in [6, 6.07) is 14.5. The minimum atomic E-state index is -3.76. The lowest BCUT2D eigenvalue weighted by Gasteiger charge is -2.32. The largest absolute Gasteiger partial charge is 0.349 e. The Balaban J connectivity index is 1.45. The highest BCUT2D eigenvalue weighted by Gasteiger charge is 2.32. The molecule has 4 rings (SSSR count). The molecular weight excluding hydrogens is 434 g/mol. The Kier molecular flexibility index (Phi) is 6.67. The van der Waals surface area contributed by atoms with E-state index in [0.717, 1.165) is 37.5 Å². The summed E-state index contributed by atoms with van der Waals surface area (Å²) >= 11 is 6.26. The van der Waals surface area contributed by atoms with E-state index >= 15 is 0 Å². The van der Waals surface area contributed by atoms with E-state index in [1.165, 1.54) is 42.4 Å². The number of benzene rings is 2. The lowest BCUT2D eigenvalue weighted by Crippen LogP contribution is -2.45. The molecule has 2 fully saturated rings. The van der Waals surface area contributed by atoms with E-state index < -0.39 is 10.0 Å². The summed E-state index contributed by atoms with van der Waals surface area (Å²) in [5.41, 5.74) is 1.08. The number of hydrogen-bond acceptors (Lipinski definition) is 4. The summed E-state index contributed by atoms with van der Waals surface area (Å²) in [5.74, 6) is -0.322. The van der Waals surface area contributed by atoms with Crippen LogP contribution in [0.2, 0.25) is 5.02 Å². The minimum absolute atomic E-state index is 0.0593. The Bertz CT molecular complexity index is 1030. The van der Waals surface area contributed by atoms with Gasteiger partial charge in [-0.3, -0.25) is 4.79 Å². The maximum Gasteiger partial charge on any atom is 0.253 e. The van der Waals surface area contributed by atoms with Crippen molar-refractivity contribution in [2.45, 2.75) is 49.2 Å². The Morgan fingerprint density at radius 3 is 2.42 bits per heavy atom. The summed E-state index contributed by atoms with van der Waals surface area (Å²) in [4.78, 5) is 15.4. The number of nitrogens with zero attached hydrogens (tertiary/aromatic N) is 2. The van der Waals surface area contributed by atoms with Gasteiger partial charge in [0.25, 0.3) is 5.91 Å². The van der Waals surface area contributed by atoms with Crippen LogP contribution in [0.1, 0.15) is 41.6 Å². The van der Waals surface area contributed by atoms with Crippen molar-refractivity contribution < 1.29 is 13.2 Å². The van der Waals surface area contributed by atoms with Gasteiger partial charge in [0.2, 0.25) is 10.0 Å². The molecule has 166 valence electrons. The molecule has 1 saturated carbocycles. The molecule has 1 amide bonds. The molecule has 0 radical (unpaired) electrons. The van der Waals surface area contributed by atoms with Crippen LogP contribution in [0.25, 0.3) is 0 Å². The molecule has 8 heteroatoms. The first-order valence-corrected chi connectivity index (χ1v) is 12.5. The van der Waals surface area contributed by atoms with Crippen LogP contribution in [0, 0.1) is 0 Å². The summed E-state index contributed by atoms with van der Waals surface area (Å²) in [6.45, 7) is 2.22. The summed E-state index contributed by atoms with van der Waals surface area (Å²) in [6.07, 6.45) is 4.37. The molecule has 0 spiro atoms. The lowest BCUT2D eigenvalue weighted by atomic mass is 10.0. The number of likely N-dealkylation sites (tertiary alicyclic amines) is 1. The van der Waals surface area contributed by atoms with Gasteiger partial charge in [-0.05, 0) is 49.4 Å². The van der Waals surface area contributed by atoms with Gasteiger partial charge in [0.15, 0.2) is 0 Å². The smallest absolute Gasteiger partial charge is 0.253 e. The Morgan fingerprint density at radius 2 is 1.77 bits per heavy atom. The zero-order valence-corrected chi connectivity index (χ0v) is 19.2. The normalized spacial score (nSPS) is 18.3. The highest BCUT2D eigenvalue weighted by atomic mass is 35.5. The first kappa shape index (κ1) is 22.3. The van der Waals surface area contributed by atoms with Crippen LogP contribution in [0.3, 0.4) is 0 Å². The fourth-order valence-corrected chi connectivity index (χ4v) is 5.45. The standard InChI is InChI=1S/C23H28ClN3O3S/c1-26(16-17-5-3-2-4-6-17)31(29,30)20-9-10-22(24)21(15-20)23(28)25-18-11-13-27(14-12-18)19-7-8-19/h2-6,9-10,15,18-19H,7-8,11-14,16H2,1H3,(H,25,28). The zero-order chi connectivity index (χ0) is 22.0. The average Bonchev–Trinajstić information content (AvgIpc) is 3.60. The van der Waals surface area contributed by atoms with Crippen LogP contribution in [-0.4, -0.2) is 55.8 Å². The second kappa shape index (κ2) is 9.28. The van der Waals surface area contributed by atoms with E-state index in [1.54, 1.807) is 0 Å². The van der Waals surface area contributed by atoms with E-state index in [-0.39, 0.29) is 34.0 Å². The molecule has 1 aliphatic heterocycles. The topological polar surface area (TPSA) is 69.7 Å². The molecule has 0 unspecified atom stereocenters. The van der Waals surface area contributed by atoms with Gasteiger partial charge in [-0.2, -0.15) is 4.31 Å². The van der Waals surface area contributed by atoms with Crippen molar-refractivity contribution >= 4 is 27.5 Å². The van der Waals surface area contributed by atoms with Crippen molar-refractivity contribution in [3.8, 4) is 0 Å². The molecule has 0 atom stereocenters. The number of amides is 1. The van der Waals surface area contributed by atoms with E-state index in [0.29, 0.717) is 0 Å². The van der Waals surface area contributed by atoms with Gasteiger partial charge in [-0.25, -0.2) is 8.42 Å². The quantitative estimate of drug-likeness (QED) is 0.685. The molecule has 2 aromatic rings. The summed E-state index contributed by atoms with van der Waals surface area (Å²) in [5, 5.41) is 3.29. The van der Waals surface area contributed by atoms with Crippen LogP contribution in [0.4, 0.5) is 0 Å². The molecule has 6 nitrogen and oxygen atoms in total. The van der Waals surface area contributed by atoms with Crippen LogP contribution in [0.5, 0.6) is 0 Å². The highest BCUT2D eigenvalue weighted by Crippen LogP contribution is 2.29. The van der Waals surface area contributed by atoms with Crippen molar-refractivity contribution in [2.24, 2.45) is 0 Å². The van der Waals surface area contributed by atoms with Crippen molar-refractivity contribution in [3.05, 3.63) is 64.7 Å². The summed E-state index contributed by atoms with van der Waals surface area (Å²) in [7, 11) is -2.23. The molecule has 1 saturated heterocycles. The van der Waals surface area contributed by atoms with Gasteiger partial charge < -0.3 is 10.2 Å².